The van der Waals surface area contributed by atoms with Gasteiger partial charge >= 0.3 is 6.18 Å². The molecule has 1 aromatic carbocycles. The van der Waals surface area contributed by atoms with Crippen LogP contribution in [0.4, 0.5) is 13.2 Å². The summed E-state index contributed by atoms with van der Waals surface area (Å²) in [6, 6.07) is 7.08. The number of nitrogens with zero attached hydrogens (tertiary/aromatic N) is 1. The minimum atomic E-state index is -4.41. The predicted molar refractivity (Wildman–Crippen MR) is 60.9 cm³/mol. The van der Waals surface area contributed by atoms with Crippen LogP contribution in [0.25, 0.3) is 11.3 Å². The summed E-state index contributed by atoms with van der Waals surface area (Å²) >= 11 is 5.89. The Kier molecular flexibility index (Phi) is 2.91. The van der Waals surface area contributed by atoms with Gasteiger partial charge in [-0.3, -0.25) is 0 Å². The number of aromatic nitrogens is 1. The Hall–Kier alpha value is -1.42. The van der Waals surface area contributed by atoms with E-state index in [1.54, 1.807) is 29.9 Å². The van der Waals surface area contributed by atoms with Gasteiger partial charge in [0, 0.05) is 24.5 Å². The van der Waals surface area contributed by atoms with Gasteiger partial charge < -0.3 is 4.57 Å². The normalized spacial score (nSPS) is 11.8. The Bertz CT molecular complexity index is 543. The van der Waals surface area contributed by atoms with Crippen molar-refractivity contribution in [1.82, 2.24) is 4.57 Å². The van der Waals surface area contributed by atoms with E-state index in [2.05, 4.69) is 0 Å². The van der Waals surface area contributed by atoms with Crippen LogP contribution in [0.15, 0.2) is 36.5 Å². The van der Waals surface area contributed by atoms with Crippen LogP contribution in [0.3, 0.4) is 0 Å². The van der Waals surface area contributed by atoms with Gasteiger partial charge in [-0.05, 0) is 24.3 Å². The Morgan fingerprint density at radius 3 is 2.35 bits per heavy atom. The molecule has 0 aliphatic rings. The molecular formula is C12H9ClF3N. The fourth-order valence-electron chi connectivity index (χ4n) is 1.74. The van der Waals surface area contributed by atoms with E-state index in [-0.39, 0.29) is 10.6 Å². The number of benzene rings is 1. The number of halogens is 4. The highest BCUT2D eigenvalue weighted by Crippen LogP contribution is 2.40. The van der Waals surface area contributed by atoms with Crippen LogP contribution in [-0.4, -0.2) is 4.57 Å². The highest BCUT2D eigenvalue weighted by Gasteiger charge is 2.34. The van der Waals surface area contributed by atoms with E-state index in [0.717, 1.165) is 6.07 Å². The summed E-state index contributed by atoms with van der Waals surface area (Å²) in [6.07, 6.45) is -2.73. The van der Waals surface area contributed by atoms with Gasteiger partial charge in [0.2, 0.25) is 0 Å². The van der Waals surface area contributed by atoms with Crippen molar-refractivity contribution in [3.8, 4) is 11.3 Å². The molecule has 17 heavy (non-hydrogen) atoms. The van der Waals surface area contributed by atoms with Crippen molar-refractivity contribution >= 4 is 11.6 Å². The molecule has 1 aromatic heterocycles. The maximum absolute atomic E-state index is 12.9. The molecule has 0 saturated heterocycles. The summed E-state index contributed by atoms with van der Waals surface area (Å²) in [7, 11) is 1.68. The Morgan fingerprint density at radius 2 is 1.82 bits per heavy atom. The molecular weight excluding hydrogens is 251 g/mol. The second-order valence-corrected chi connectivity index (χ2v) is 4.07. The first-order valence-electron chi connectivity index (χ1n) is 4.88. The van der Waals surface area contributed by atoms with Crippen LogP contribution in [-0.2, 0) is 13.2 Å². The number of hydrogen-bond acceptors (Lipinski definition) is 0. The van der Waals surface area contributed by atoms with Crippen molar-refractivity contribution in [2.24, 2.45) is 7.05 Å². The van der Waals surface area contributed by atoms with E-state index in [9.17, 15) is 13.2 Å². The first-order valence-corrected chi connectivity index (χ1v) is 5.26. The highest BCUT2D eigenvalue weighted by atomic mass is 35.5. The number of rotatable bonds is 1. The van der Waals surface area contributed by atoms with Gasteiger partial charge in [-0.15, -0.1) is 0 Å². The smallest absolute Gasteiger partial charge is 0.351 e. The van der Waals surface area contributed by atoms with E-state index in [1.165, 1.54) is 12.1 Å². The monoisotopic (exact) mass is 259 g/mol. The molecule has 0 radical (unpaired) electrons. The lowest BCUT2D eigenvalue weighted by atomic mass is 10.0. The summed E-state index contributed by atoms with van der Waals surface area (Å²) in [6.45, 7) is 0. The number of hydrogen-bond donors (Lipinski definition) is 0. The van der Waals surface area contributed by atoms with E-state index >= 15 is 0 Å². The fourth-order valence-corrected chi connectivity index (χ4v) is 2.01. The number of aryl methyl sites for hydroxylation is 1. The van der Waals surface area contributed by atoms with E-state index in [1.807, 2.05) is 0 Å². The van der Waals surface area contributed by atoms with Crippen molar-refractivity contribution in [3.63, 3.8) is 0 Å². The second kappa shape index (κ2) is 4.11. The highest BCUT2D eigenvalue weighted by molar-refractivity contribution is 6.33. The Balaban J connectivity index is 2.73. The zero-order chi connectivity index (χ0) is 12.6. The minimum Gasteiger partial charge on any atom is -0.351 e. The third kappa shape index (κ3) is 2.17. The van der Waals surface area contributed by atoms with Gasteiger partial charge in [-0.2, -0.15) is 13.2 Å². The predicted octanol–water partition coefficient (Wildman–Crippen LogP) is 4.36. The van der Waals surface area contributed by atoms with Crippen LogP contribution < -0.4 is 0 Å². The Morgan fingerprint density at radius 1 is 1.12 bits per heavy atom. The van der Waals surface area contributed by atoms with Crippen LogP contribution >= 0.6 is 11.6 Å². The molecule has 0 fully saturated rings. The minimum absolute atomic E-state index is 0.0224. The van der Waals surface area contributed by atoms with Gasteiger partial charge in [0.05, 0.1) is 10.6 Å². The summed E-state index contributed by atoms with van der Waals surface area (Å²) in [4.78, 5) is 0. The third-order valence-corrected chi connectivity index (χ3v) is 2.83. The van der Waals surface area contributed by atoms with Gasteiger partial charge in [0.1, 0.15) is 0 Å². The standard InChI is InChI=1S/C12H9ClF3N/c1-17-7-3-6-10(17)11-8(12(14,15)16)4-2-5-9(11)13/h2-7H,1H3. The largest absolute Gasteiger partial charge is 0.417 e. The van der Waals surface area contributed by atoms with Gasteiger partial charge in [0.15, 0.2) is 0 Å². The van der Waals surface area contributed by atoms with Crippen molar-refractivity contribution in [2.75, 3.05) is 0 Å². The molecule has 90 valence electrons. The molecule has 2 rings (SSSR count). The molecule has 0 bridgehead atoms. The lowest BCUT2D eigenvalue weighted by molar-refractivity contribution is -0.137. The van der Waals surface area contributed by atoms with Crippen LogP contribution in [0.1, 0.15) is 5.56 Å². The summed E-state index contributed by atoms with van der Waals surface area (Å²) in [5.74, 6) is 0. The first-order chi connectivity index (χ1) is 7.91. The third-order valence-electron chi connectivity index (χ3n) is 2.52. The average molecular weight is 260 g/mol. The quantitative estimate of drug-likeness (QED) is 0.717. The molecule has 1 nitrogen and oxygen atoms in total. The van der Waals surface area contributed by atoms with E-state index in [4.69, 9.17) is 11.6 Å². The van der Waals surface area contributed by atoms with E-state index in [0.29, 0.717) is 5.69 Å². The SMILES string of the molecule is Cn1cccc1-c1c(Cl)cccc1C(F)(F)F. The van der Waals surface area contributed by atoms with Gasteiger partial charge in [-0.25, -0.2) is 0 Å². The van der Waals surface area contributed by atoms with Crippen molar-refractivity contribution in [3.05, 3.63) is 47.1 Å². The molecule has 0 unspecified atom stereocenters. The van der Waals surface area contributed by atoms with Crippen molar-refractivity contribution < 1.29 is 13.2 Å². The summed E-state index contributed by atoms with van der Waals surface area (Å²) in [5, 5.41) is 0.0987. The molecule has 2 aromatic rings. The molecule has 5 heteroatoms. The zero-order valence-corrected chi connectivity index (χ0v) is 9.68. The maximum Gasteiger partial charge on any atom is 0.417 e. The van der Waals surface area contributed by atoms with Gasteiger partial charge in [-0.1, -0.05) is 17.7 Å². The van der Waals surface area contributed by atoms with E-state index < -0.39 is 11.7 Å². The van der Waals surface area contributed by atoms with Crippen LogP contribution in [0.5, 0.6) is 0 Å². The topological polar surface area (TPSA) is 4.93 Å². The average Bonchev–Trinajstić information content (AvgIpc) is 2.62. The lowest BCUT2D eigenvalue weighted by Crippen LogP contribution is -2.08. The Labute approximate surface area is 101 Å². The summed E-state index contributed by atoms with van der Waals surface area (Å²) < 4.78 is 40.3. The molecule has 0 atom stereocenters. The number of alkyl halides is 3. The van der Waals surface area contributed by atoms with Crippen molar-refractivity contribution in [1.29, 1.82) is 0 Å². The van der Waals surface area contributed by atoms with Gasteiger partial charge in [0.25, 0.3) is 0 Å². The second-order valence-electron chi connectivity index (χ2n) is 3.66. The van der Waals surface area contributed by atoms with Crippen molar-refractivity contribution in [2.45, 2.75) is 6.18 Å². The molecule has 0 saturated carbocycles. The molecule has 0 N–H and O–H groups in total. The summed E-state index contributed by atoms with van der Waals surface area (Å²) in [5.41, 5.74) is -0.246. The lowest BCUT2D eigenvalue weighted by Gasteiger charge is -2.14. The maximum atomic E-state index is 12.9. The molecule has 1 heterocycles. The van der Waals surface area contributed by atoms with Crippen LogP contribution in [0.2, 0.25) is 5.02 Å². The molecule has 0 aliphatic heterocycles. The molecule has 0 spiro atoms. The molecule has 0 amide bonds. The fraction of sp³-hybridized carbons (Fsp3) is 0.167. The zero-order valence-electron chi connectivity index (χ0n) is 8.92. The first kappa shape index (κ1) is 12.0. The van der Waals surface area contributed by atoms with Crippen LogP contribution in [0, 0.1) is 0 Å². The molecule has 0 aliphatic carbocycles.